The number of carbonyl (C=O) groups is 1. The van der Waals surface area contributed by atoms with Crippen molar-refractivity contribution in [2.24, 2.45) is 5.92 Å². The van der Waals surface area contributed by atoms with Gasteiger partial charge >= 0.3 is 0 Å². The lowest BCUT2D eigenvalue weighted by Gasteiger charge is -2.30. The third-order valence-electron chi connectivity index (χ3n) is 3.03. The van der Waals surface area contributed by atoms with Crippen LogP contribution in [0.25, 0.3) is 0 Å². The van der Waals surface area contributed by atoms with Crippen molar-refractivity contribution in [1.29, 1.82) is 0 Å². The Hall–Kier alpha value is -0.900. The summed E-state index contributed by atoms with van der Waals surface area (Å²) in [5.41, 5.74) is 0.525. The van der Waals surface area contributed by atoms with Gasteiger partial charge in [-0.2, -0.15) is 0 Å². The summed E-state index contributed by atoms with van der Waals surface area (Å²) in [6.45, 7) is 3.94. The highest BCUT2D eigenvalue weighted by atomic mass is 79.9. The highest BCUT2D eigenvalue weighted by Crippen LogP contribution is 2.20. The summed E-state index contributed by atoms with van der Waals surface area (Å²) >= 11 is 3.37. The van der Waals surface area contributed by atoms with Crippen molar-refractivity contribution in [1.82, 2.24) is 9.88 Å². The van der Waals surface area contributed by atoms with Crippen molar-refractivity contribution in [3.8, 4) is 0 Å². The third kappa shape index (κ3) is 2.43. The fourth-order valence-corrected chi connectivity index (χ4v) is 2.33. The van der Waals surface area contributed by atoms with Gasteiger partial charge in [-0.3, -0.25) is 4.79 Å². The maximum absolute atomic E-state index is 12.2. The first-order chi connectivity index (χ1) is 7.68. The van der Waals surface area contributed by atoms with E-state index in [0.717, 1.165) is 36.3 Å². The molecule has 16 heavy (non-hydrogen) atoms. The highest BCUT2D eigenvalue weighted by molar-refractivity contribution is 9.10. The number of amides is 1. The molecule has 2 heterocycles. The van der Waals surface area contributed by atoms with E-state index >= 15 is 0 Å². The summed E-state index contributed by atoms with van der Waals surface area (Å²) < 4.78 is 0.777. The van der Waals surface area contributed by atoms with E-state index in [1.807, 2.05) is 17.0 Å². The molecule has 86 valence electrons. The topological polar surface area (TPSA) is 33.2 Å². The average Bonchev–Trinajstić information content (AvgIpc) is 2.30. The zero-order chi connectivity index (χ0) is 11.5. The summed E-state index contributed by atoms with van der Waals surface area (Å²) in [5, 5.41) is 0. The minimum atomic E-state index is 0.0411. The van der Waals surface area contributed by atoms with Crippen LogP contribution < -0.4 is 0 Å². The standard InChI is InChI=1S/C12H15BrN2O/c1-9-4-7-15(8-5-9)12(16)11-10(13)3-2-6-14-11/h2-3,6,9H,4-5,7-8H2,1H3. The monoisotopic (exact) mass is 282 g/mol. The lowest BCUT2D eigenvalue weighted by Crippen LogP contribution is -2.38. The summed E-state index contributed by atoms with van der Waals surface area (Å²) in [7, 11) is 0. The molecule has 0 N–H and O–H groups in total. The van der Waals surface area contributed by atoms with Gasteiger partial charge in [-0.05, 0) is 46.8 Å². The zero-order valence-electron chi connectivity index (χ0n) is 9.32. The van der Waals surface area contributed by atoms with Gasteiger partial charge in [-0.15, -0.1) is 0 Å². The summed E-state index contributed by atoms with van der Waals surface area (Å²) in [4.78, 5) is 18.2. The Morgan fingerprint density at radius 3 is 2.81 bits per heavy atom. The molecule has 1 aromatic rings. The fourth-order valence-electron chi connectivity index (χ4n) is 1.90. The number of likely N-dealkylation sites (tertiary alicyclic amines) is 1. The first-order valence-electron chi connectivity index (χ1n) is 5.58. The zero-order valence-corrected chi connectivity index (χ0v) is 10.9. The smallest absolute Gasteiger partial charge is 0.273 e. The van der Waals surface area contributed by atoms with Gasteiger partial charge in [-0.25, -0.2) is 4.98 Å². The van der Waals surface area contributed by atoms with E-state index in [1.54, 1.807) is 6.20 Å². The van der Waals surface area contributed by atoms with Crippen LogP contribution in [0.3, 0.4) is 0 Å². The Labute approximate surface area is 104 Å². The molecule has 0 spiro atoms. The molecule has 1 saturated heterocycles. The second kappa shape index (κ2) is 4.95. The Morgan fingerprint density at radius 1 is 1.50 bits per heavy atom. The molecule has 1 aliphatic heterocycles. The average molecular weight is 283 g/mol. The van der Waals surface area contributed by atoms with E-state index in [4.69, 9.17) is 0 Å². The van der Waals surface area contributed by atoms with Gasteiger partial charge in [-0.1, -0.05) is 6.92 Å². The number of hydrogen-bond acceptors (Lipinski definition) is 2. The Morgan fingerprint density at radius 2 is 2.19 bits per heavy atom. The van der Waals surface area contributed by atoms with Gasteiger partial charge in [0.15, 0.2) is 0 Å². The number of rotatable bonds is 1. The van der Waals surface area contributed by atoms with E-state index in [0.29, 0.717) is 5.69 Å². The normalized spacial score (nSPS) is 17.5. The van der Waals surface area contributed by atoms with Crippen LogP contribution in [0.2, 0.25) is 0 Å². The Kier molecular flexibility index (Phi) is 3.59. The molecule has 0 aromatic carbocycles. The van der Waals surface area contributed by atoms with Crippen molar-refractivity contribution in [2.45, 2.75) is 19.8 Å². The minimum Gasteiger partial charge on any atom is -0.337 e. The van der Waals surface area contributed by atoms with Crippen molar-refractivity contribution in [3.05, 3.63) is 28.5 Å². The minimum absolute atomic E-state index is 0.0411. The van der Waals surface area contributed by atoms with E-state index < -0.39 is 0 Å². The Bertz CT molecular complexity index is 386. The van der Waals surface area contributed by atoms with Crippen molar-refractivity contribution in [3.63, 3.8) is 0 Å². The van der Waals surface area contributed by atoms with E-state index in [9.17, 15) is 4.79 Å². The van der Waals surface area contributed by atoms with E-state index in [1.165, 1.54) is 0 Å². The number of nitrogens with zero attached hydrogens (tertiary/aromatic N) is 2. The van der Waals surface area contributed by atoms with Gasteiger partial charge in [0.05, 0.1) is 0 Å². The van der Waals surface area contributed by atoms with Crippen molar-refractivity contribution >= 4 is 21.8 Å². The van der Waals surface area contributed by atoms with Gasteiger partial charge in [0, 0.05) is 23.8 Å². The quantitative estimate of drug-likeness (QED) is 0.794. The van der Waals surface area contributed by atoms with Crippen LogP contribution in [0.15, 0.2) is 22.8 Å². The maximum Gasteiger partial charge on any atom is 0.273 e. The molecular weight excluding hydrogens is 268 g/mol. The summed E-state index contributed by atoms with van der Waals surface area (Å²) in [6, 6.07) is 3.67. The number of piperidine rings is 1. The molecule has 0 aliphatic carbocycles. The molecule has 2 rings (SSSR count). The summed E-state index contributed by atoms with van der Waals surface area (Å²) in [6.07, 6.45) is 3.84. The molecule has 0 bridgehead atoms. The lowest BCUT2D eigenvalue weighted by molar-refractivity contribution is 0.0690. The largest absolute Gasteiger partial charge is 0.337 e. The number of hydrogen-bond donors (Lipinski definition) is 0. The first-order valence-corrected chi connectivity index (χ1v) is 6.37. The molecular formula is C12H15BrN2O. The highest BCUT2D eigenvalue weighted by Gasteiger charge is 2.23. The fraction of sp³-hybridized carbons (Fsp3) is 0.500. The second-order valence-electron chi connectivity index (χ2n) is 4.31. The molecule has 3 nitrogen and oxygen atoms in total. The molecule has 1 aromatic heterocycles. The molecule has 1 amide bonds. The van der Waals surface area contributed by atoms with Crippen molar-refractivity contribution in [2.75, 3.05) is 13.1 Å². The SMILES string of the molecule is CC1CCN(C(=O)c2ncccc2Br)CC1. The van der Waals surface area contributed by atoms with Crippen molar-refractivity contribution < 1.29 is 4.79 Å². The van der Waals surface area contributed by atoms with Crippen LogP contribution in [0.4, 0.5) is 0 Å². The second-order valence-corrected chi connectivity index (χ2v) is 5.16. The number of pyridine rings is 1. The van der Waals surface area contributed by atoms with Crippen LogP contribution >= 0.6 is 15.9 Å². The van der Waals surface area contributed by atoms with Gasteiger partial charge < -0.3 is 4.90 Å². The predicted molar refractivity (Wildman–Crippen MR) is 66.2 cm³/mol. The number of aromatic nitrogens is 1. The number of halogens is 1. The molecule has 0 unspecified atom stereocenters. The number of carbonyl (C=O) groups excluding carboxylic acids is 1. The molecule has 4 heteroatoms. The molecule has 0 atom stereocenters. The molecule has 0 radical (unpaired) electrons. The molecule has 1 fully saturated rings. The van der Waals surface area contributed by atoms with Crippen LogP contribution in [-0.4, -0.2) is 28.9 Å². The van der Waals surface area contributed by atoms with Gasteiger partial charge in [0.25, 0.3) is 5.91 Å². The van der Waals surface area contributed by atoms with E-state index in [2.05, 4.69) is 27.8 Å². The van der Waals surface area contributed by atoms with Gasteiger partial charge in [0.1, 0.15) is 5.69 Å². The van der Waals surface area contributed by atoms with E-state index in [-0.39, 0.29) is 5.91 Å². The van der Waals surface area contributed by atoms with Crippen LogP contribution in [-0.2, 0) is 0 Å². The van der Waals surface area contributed by atoms with Gasteiger partial charge in [0.2, 0.25) is 0 Å². The third-order valence-corrected chi connectivity index (χ3v) is 3.67. The molecule has 0 saturated carbocycles. The summed E-state index contributed by atoms with van der Waals surface area (Å²) in [5.74, 6) is 0.774. The van der Waals surface area contributed by atoms with Crippen LogP contribution in [0, 0.1) is 5.92 Å². The maximum atomic E-state index is 12.2. The van der Waals surface area contributed by atoms with Crippen LogP contribution in [0.5, 0.6) is 0 Å². The Balaban J connectivity index is 2.11. The van der Waals surface area contributed by atoms with Crippen LogP contribution in [0.1, 0.15) is 30.3 Å². The first kappa shape index (κ1) is 11.6. The predicted octanol–water partition coefficient (Wildman–Crippen LogP) is 2.72. The lowest BCUT2D eigenvalue weighted by atomic mass is 9.99. The molecule has 1 aliphatic rings.